The molecule has 25 heavy (non-hydrogen) atoms. The Balaban J connectivity index is 1.63. The van der Waals surface area contributed by atoms with Gasteiger partial charge in [-0.25, -0.2) is 13.1 Å². The van der Waals surface area contributed by atoms with Gasteiger partial charge in [-0.15, -0.1) is 0 Å². The van der Waals surface area contributed by atoms with Crippen molar-refractivity contribution in [3.63, 3.8) is 0 Å². The summed E-state index contributed by atoms with van der Waals surface area (Å²) in [6.45, 7) is 2.36. The van der Waals surface area contributed by atoms with Gasteiger partial charge in [-0.05, 0) is 31.2 Å². The maximum absolute atomic E-state index is 12.3. The van der Waals surface area contributed by atoms with Gasteiger partial charge >= 0.3 is 0 Å². The lowest BCUT2D eigenvalue weighted by Crippen LogP contribution is -2.33. The molecule has 2 aromatic rings. The highest BCUT2D eigenvalue weighted by molar-refractivity contribution is 7.89. The van der Waals surface area contributed by atoms with Crippen LogP contribution in [0.2, 0.25) is 0 Å². The molecule has 0 saturated heterocycles. The Hall–Kier alpha value is -2.58. The highest BCUT2D eigenvalue weighted by Gasteiger charge is 2.20. The van der Waals surface area contributed by atoms with Gasteiger partial charge in [-0.1, -0.05) is 17.7 Å². The van der Waals surface area contributed by atoms with Crippen LogP contribution in [0.5, 0.6) is 11.5 Å². The van der Waals surface area contributed by atoms with Gasteiger partial charge < -0.3 is 14.8 Å². The molecule has 0 radical (unpaired) electrons. The van der Waals surface area contributed by atoms with E-state index >= 15 is 0 Å². The fourth-order valence-corrected chi connectivity index (χ4v) is 3.27. The molecule has 0 saturated carbocycles. The van der Waals surface area contributed by atoms with Crippen molar-refractivity contribution >= 4 is 21.6 Å². The Kier molecular flexibility index (Phi) is 4.91. The number of hydrogen-bond acceptors (Lipinski definition) is 5. The van der Waals surface area contributed by atoms with Gasteiger partial charge in [-0.2, -0.15) is 0 Å². The number of rotatable bonds is 5. The summed E-state index contributed by atoms with van der Waals surface area (Å²) < 4.78 is 37.7. The summed E-state index contributed by atoms with van der Waals surface area (Å²) in [5.74, 6) is 0.422. The third-order valence-electron chi connectivity index (χ3n) is 3.58. The summed E-state index contributed by atoms with van der Waals surface area (Å²) in [6.07, 6.45) is 0. The largest absolute Gasteiger partial charge is 0.486 e. The lowest BCUT2D eigenvalue weighted by atomic mass is 10.2. The lowest BCUT2D eigenvalue weighted by Gasteiger charge is -2.18. The normalized spacial score (nSPS) is 13.3. The van der Waals surface area contributed by atoms with E-state index in [0.29, 0.717) is 30.4 Å². The van der Waals surface area contributed by atoms with Crippen molar-refractivity contribution in [2.45, 2.75) is 11.8 Å². The number of anilines is 1. The van der Waals surface area contributed by atoms with Crippen LogP contribution in [-0.2, 0) is 14.8 Å². The highest BCUT2D eigenvalue weighted by atomic mass is 32.2. The molecule has 3 rings (SSSR count). The van der Waals surface area contributed by atoms with Crippen molar-refractivity contribution in [1.82, 2.24) is 4.72 Å². The number of benzene rings is 2. The minimum Gasteiger partial charge on any atom is -0.486 e. The average molecular weight is 362 g/mol. The highest BCUT2D eigenvalue weighted by Crippen LogP contribution is 2.32. The first-order chi connectivity index (χ1) is 11.9. The number of sulfonamides is 1. The smallest absolute Gasteiger partial charge is 0.241 e. The van der Waals surface area contributed by atoms with Gasteiger partial charge in [-0.3, -0.25) is 4.79 Å². The van der Waals surface area contributed by atoms with Crippen LogP contribution in [-0.4, -0.2) is 34.1 Å². The van der Waals surface area contributed by atoms with Crippen molar-refractivity contribution in [3.05, 3.63) is 48.0 Å². The van der Waals surface area contributed by atoms with E-state index < -0.39 is 15.9 Å². The van der Waals surface area contributed by atoms with Crippen molar-refractivity contribution < 1.29 is 22.7 Å². The van der Waals surface area contributed by atoms with Crippen LogP contribution in [0.4, 0.5) is 5.69 Å². The molecule has 0 aromatic heterocycles. The summed E-state index contributed by atoms with van der Waals surface area (Å²) in [7, 11) is -3.83. The second kappa shape index (κ2) is 7.12. The molecule has 0 spiro atoms. The second-order valence-corrected chi connectivity index (χ2v) is 7.31. The van der Waals surface area contributed by atoms with Crippen LogP contribution in [0.3, 0.4) is 0 Å². The number of ether oxygens (including phenoxy) is 2. The predicted molar refractivity (Wildman–Crippen MR) is 92.4 cm³/mol. The number of amides is 1. The molecule has 1 aliphatic heterocycles. The number of hydrogen-bond donors (Lipinski definition) is 2. The molecular weight excluding hydrogens is 344 g/mol. The second-order valence-electron chi connectivity index (χ2n) is 5.54. The predicted octanol–water partition coefficient (Wildman–Crippen LogP) is 1.68. The van der Waals surface area contributed by atoms with E-state index in [1.54, 1.807) is 12.1 Å². The Morgan fingerprint density at radius 1 is 1.04 bits per heavy atom. The van der Waals surface area contributed by atoms with E-state index in [4.69, 9.17) is 9.47 Å². The van der Waals surface area contributed by atoms with Gasteiger partial charge in [0, 0.05) is 11.8 Å². The van der Waals surface area contributed by atoms with E-state index in [9.17, 15) is 13.2 Å². The molecule has 132 valence electrons. The Labute approximate surface area is 146 Å². The Morgan fingerprint density at radius 3 is 2.44 bits per heavy atom. The van der Waals surface area contributed by atoms with Gasteiger partial charge in [0.1, 0.15) is 13.2 Å². The third kappa shape index (κ3) is 4.28. The SMILES string of the molecule is Cc1ccc(NC(=O)CNS(=O)(=O)c2ccc3c(c2)OCCO3)cc1. The van der Waals surface area contributed by atoms with Crippen molar-refractivity contribution in [3.8, 4) is 11.5 Å². The van der Waals surface area contributed by atoms with E-state index in [2.05, 4.69) is 10.0 Å². The fourth-order valence-electron chi connectivity index (χ4n) is 2.28. The molecule has 1 heterocycles. The van der Waals surface area contributed by atoms with Gasteiger partial charge in [0.2, 0.25) is 15.9 Å². The maximum Gasteiger partial charge on any atom is 0.241 e. The van der Waals surface area contributed by atoms with E-state index in [1.807, 2.05) is 19.1 Å². The van der Waals surface area contributed by atoms with Crippen molar-refractivity contribution in [1.29, 1.82) is 0 Å². The molecule has 0 bridgehead atoms. The molecule has 1 amide bonds. The topological polar surface area (TPSA) is 93.7 Å². The van der Waals surface area contributed by atoms with Gasteiger partial charge in [0.05, 0.1) is 11.4 Å². The molecule has 0 aliphatic carbocycles. The molecule has 7 nitrogen and oxygen atoms in total. The number of aryl methyl sites for hydroxylation is 1. The summed E-state index contributed by atoms with van der Waals surface area (Å²) in [5.41, 5.74) is 1.67. The van der Waals surface area contributed by atoms with Gasteiger partial charge in [0.25, 0.3) is 0 Å². The van der Waals surface area contributed by atoms with Crippen LogP contribution in [0.15, 0.2) is 47.4 Å². The molecule has 0 atom stereocenters. The third-order valence-corrected chi connectivity index (χ3v) is 4.98. The van der Waals surface area contributed by atoms with Crippen molar-refractivity contribution in [2.24, 2.45) is 0 Å². The molecule has 8 heteroatoms. The van der Waals surface area contributed by atoms with E-state index in [1.165, 1.54) is 18.2 Å². The first-order valence-electron chi connectivity index (χ1n) is 7.70. The summed E-state index contributed by atoms with van der Waals surface area (Å²) in [6, 6.07) is 11.5. The first kappa shape index (κ1) is 17.2. The standard InChI is InChI=1S/C17H18N2O5S/c1-12-2-4-13(5-3-12)19-17(20)11-18-25(21,22)14-6-7-15-16(10-14)24-9-8-23-15/h2-7,10,18H,8-9,11H2,1H3,(H,19,20). The summed E-state index contributed by atoms with van der Waals surface area (Å²) in [4.78, 5) is 11.9. The summed E-state index contributed by atoms with van der Waals surface area (Å²) in [5, 5.41) is 2.63. The van der Waals surface area contributed by atoms with Crippen LogP contribution < -0.4 is 19.5 Å². The first-order valence-corrected chi connectivity index (χ1v) is 9.18. The Bertz CT molecular complexity index is 878. The lowest BCUT2D eigenvalue weighted by molar-refractivity contribution is -0.115. The average Bonchev–Trinajstić information content (AvgIpc) is 2.62. The van der Waals surface area contributed by atoms with Crippen LogP contribution in [0.1, 0.15) is 5.56 Å². The van der Waals surface area contributed by atoms with Crippen LogP contribution in [0, 0.1) is 6.92 Å². The maximum atomic E-state index is 12.3. The zero-order valence-electron chi connectivity index (χ0n) is 13.6. The van der Waals surface area contributed by atoms with E-state index in [0.717, 1.165) is 5.56 Å². The molecule has 2 aromatic carbocycles. The quantitative estimate of drug-likeness (QED) is 0.844. The zero-order chi connectivity index (χ0) is 17.9. The van der Waals surface area contributed by atoms with Crippen LogP contribution in [0.25, 0.3) is 0 Å². The molecule has 0 unspecified atom stereocenters. The zero-order valence-corrected chi connectivity index (χ0v) is 14.4. The molecule has 2 N–H and O–H groups in total. The minimum atomic E-state index is -3.83. The minimum absolute atomic E-state index is 0.0138. The number of carbonyl (C=O) groups excluding carboxylic acids is 1. The number of carbonyl (C=O) groups is 1. The van der Waals surface area contributed by atoms with Gasteiger partial charge in [0.15, 0.2) is 11.5 Å². The Morgan fingerprint density at radius 2 is 1.72 bits per heavy atom. The summed E-state index contributed by atoms with van der Waals surface area (Å²) >= 11 is 0. The van der Waals surface area contributed by atoms with Crippen LogP contribution >= 0.6 is 0 Å². The monoisotopic (exact) mass is 362 g/mol. The molecule has 0 fully saturated rings. The fraction of sp³-hybridized carbons (Fsp3) is 0.235. The number of fused-ring (bicyclic) bond motifs is 1. The van der Waals surface area contributed by atoms with E-state index in [-0.39, 0.29) is 11.4 Å². The number of nitrogens with one attached hydrogen (secondary N) is 2. The van der Waals surface area contributed by atoms with Crippen molar-refractivity contribution in [2.75, 3.05) is 25.1 Å². The molecule has 1 aliphatic rings. The molecular formula is C17H18N2O5S.